The van der Waals surface area contributed by atoms with Crippen molar-refractivity contribution in [3.63, 3.8) is 0 Å². The van der Waals surface area contributed by atoms with Crippen molar-refractivity contribution in [2.45, 2.75) is 25.7 Å². The van der Waals surface area contributed by atoms with Crippen LogP contribution in [0.2, 0.25) is 0 Å². The van der Waals surface area contributed by atoms with Crippen molar-refractivity contribution >= 4 is 27.4 Å². The van der Waals surface area contributed by atoms with E-state index in [0.717, 1.165) is 29.1 Å². The van der Waals surface area contributed by atoms with Crippen LogP contribution in [-0.2, 0) is 20.8 Å². The normalized spacial score (nSPS) is 20.0. The standard InChI is InChI=1S/C21H25N3O3S/c1-14-9-24(10-16(27-14)11-25-2)20-19-17(15-7-5-4-6-8-15)13-28-21(19)23-18(22-20)12-26-3/h4-8,13-14,16H,9-12H2,1-3H3. The summed E-state index contributed by atoms with van der Waals surface area (Å²) in [6.07, 6.45) is 0.118. The third-order valence-corrected chi connectivity index (χ3v) is 5.67. The summed E-state index contributed by atoms with van der Waals surface area (Å²) in [5.41, 5.74) is 2.34. The molecule has 0 spiro atoms. The maximum Gasteiger partial charge on any atom is 0.158 e. The summed E-state index contributed by atoms with van der Waals surface area (Å²) in [4.78, 5) is 12.9. The lowest BCUT2D eigenvalue weighted by atomic mass is 10.1. The number of thiophene rings is 1. The van der Waals surface area contributed by atoms with Crippen LogP contribution in [-0.4, -0.2) is 56.1 Å². The van der Waals surface area contributed by atoms with Crippen molar-refractivity contribution in [1.29, 1.82) is 0 Å². The molecule has 1 saturated heterocycles. The molecule has 0 bridgehead atoms. The Bertz CT molecular complexity index is 931. The van der Waals surface area contributed by atoms with Crippen molar-refractivity contribution in [2.24, 2.45) is 0 Å². The molecule has 2 unspecified atom stereocenters. The predicted molar refractivity (Wildman–Crippen MR) is 112 cm³/mol. The number of ether oxygens (including phenoxy) is 3. The van der Waals surface area contributed by atoms with Crippen LogP contribution < -0.4 is 4.90 Å². The quantitative estimate of drug-likeness (QED) is 0.629. The number of hydrogen-bond donors (Lipinski definition) is 0. The highest BCUT2D eigenvalue weighted by atomic mass is 32.1. The van der Waals surface area contributed by atoms with Crippen molar-refractivity contribution < 1.29 is 14.2 Å². The van der Waals surface area contributed by atoms with Gasteiger partial charge >= 0.3 is 0 Å². The lowest BCUT2D eigenvalue weighted by molar-refractivity contribution is -0.0512. The highest BCUT2D eigenvalue weighted by molar-refractivity contribution is 7.17. The van der Waals surface area contributed by atoms with Crippen LogP contribution in [0, 0.1) is 0 Å². The largest absolute Gasteiger partial charge is 0.382 e. The second kappa shape index (κ2) is 8.53. The number of aromatic nitrogens is 2. The fourth-order valence-electron chi connectivity index (χ4n) is 3.72. The highest BCUT2D eigenvalue weighted by Crippen LogP contribution is 2.39. The second-order valence-corrected chi connectivity index (χ2v) is 7.88. The van der Waals surface area contributed by atoms with Gasteiger partial charge in [0.2, 0.25) is 0 Å². The molecule has 0 N–H and O–H groups in total. The van der Waals surface area contributed by atoms with E-state index in [2.05, 4.69) is 41.5 Å². The second-order valence-electron chi connectivity index (χ2n) is 7.02. The SMILES string of the molecule is COCc1nc(N2CC(C)OC(COC)C2)c2c(-c3ccccc3)csc2n1. The first-order chi connectivity index (χ1) is 13.7. The number of anilines is 1. The molecule has 3 aromatic rings. The van der Waals surface area contributed by atoms with Gasteiger partial charge < -0.3 is 19.1 Å². The van der Waals surface area contributed by atoms with E-state index in [1.54, 1.807) is 25.6 Å². The smallest absolute Gasteiger partial charge is 0.158 e. The first-order valence-electron chi connectivity index (χ1n) is 9.41. The summed E-state index contributed by atoms with van der Waals surface area (Å²) in [5.74, 6) is 1.65. The summed E-state index contributed by atoms with van der Waals surface area (Å²) in [6.45, 7) is 4.57. The first kappa shape index (κ1) is 19.3. The minimum atomic E-state index is 0.0171. The van der Waals surface area contributed by atoms with Gasteiger partial charge in [-0.15, -0.1) is 11.3 Å². The van der Waals surface area contributed by atoms with E-state index in [9.17, 15) is 0 Å². The predicted octanol–water partition coefficient (Wildman–Crippen LogP) is 3.74. The number of fused-ring (bicyclic) bond motifs is 1. The average Bonchev–Trinajstić information content (AvgIpc) is 3.12. The topological polar surface area (TPSA) is 56.7 Å². The molecule has 148 valence electrons. The zero-order valence-corrected chi connectivity index (χ0v) is 17.2. The number of methoxy groups -OCH3 is 2. The van der Waals surface area contributed by atoms with Gasteiger partial charge in [0.1, 0.15) is 17.3 Å². The molecule has 1 aliphatic heterocycles. The van der Waals surface area contributed by atoms with Gasteiger partial charge in [0.25, 0.3) is 0 Å². The van der Waals surface area contributed by atoms with Gasteiger partial charge in [0.05, 0.1) is 24.2 Å². The fraction of sp³-hybridized carbons (Fsp3) is 0.429. The molecule has 6 nitrogen and oxygen atoms in total. The Balaban J connectivity index is 1.83. The summed E-state index contributed by atoms with van der Waals surface area (Å²) < 4.78 is 16.7. The van der Waals surface area contributed by atoms with Crippen LogP contribution in [0.4, 0.5) is 5.82 Å². The zero-order valence-electron chi connectivity index (χ0n) is 16.4. The Morgan fingerprint density at radius 3 is 2.71 bits per heavy atom. The Morgan fingerprint density at radius 1 is 1.14 bits per heavy atom. The molecule has 0 radical (unpaired) electrons. The zero-order chi connectivity index (χ0) is 19.5. The number of morpholine rings is 1. The third kappa shape index (κ3) is 3.89. The fourth-order valence-corrected chi connectivity index (χ4v) is 4.68. The Labute approximate surface area is 169 Å². The molecule has 0 amide bonds. The van der Waals surface area contributed by atoms with E-state index in [1.165, 1.54) is 11.1 Å². The lowest BCUT2D eigenvalue weighted by Gasteiger charge is -2.37. The first-order valence-corrected chi connectivity index (χ1v) is 10.3. The molecule has 2 aromatic heterocycles. The van der Waals surface area contributed by atoms with Crippen molar-refractivity contribution in [3.05, 3.63) is 41.5 Å². The highest BCUT2D eigenvalue weighted by Gasteiger charge is 2.29. The van der Waals surface area contributed by atoms with Gasteiger partial charge in [-0.3, -0.25) is 0 Å². The summed E-state index contributed by atoms with van der Waals surface area (Å²) in [7, 11) is 3.38. The molecule has 7 heteroatoms. The molecule has 3 heterocycles. The minimum absolute atomic E-state index is 0.0171. The Kier molecular flexibility index (Phi) is 5.87. The van der Waals surface area contributed by atoms with Crippen molar-refractivity contribution in [3.8, 4) is 11.1 Å². The number of rotatable bonds is 6. The molecular formula is C21H25N3O3S. The van der Waals surface area contributed by atoms with E-state index in [1.807, 2.05) is 6.07 Å². The summed E-state index contributed by atoms with van der Waals surface area (Å²) in [6, 6.07) is 10.4. The summed E-state index contributed by atoms with van der Waals surface area (Å²) in [5, 5.41) is 3.27. The Hall–Kier alpha value is -2.06. The van der Waals surface area contributed by atoms with Crippen LogP contribution in [0.1, 0.15) is 12.7 Å². The van der Waals surface area contributed by atoms with Crippen LogP contribution in [0.25, 0.3) is 21.3 Å². The van der Waals surface area contributed by atoms with E-state index < -0.39 is 0 Å². The average molecular weight is 400 g/mol. The van der Waals surface area contributed by atoms with Crippen LogP contribution in [0.3, 0.4) is 0 Å². The molecule has 1 aromatic carbocycles. The van der Waals surface area contributed by atoms with E-state index >= 15 is 0 Å². The lowest BCUT2D eigenvalue weighted by Crippen LogP contribution is -2.48. The van der Waals surface area contributed by atoms with E-state index in [4.69, 9.17) is 24.2 Å². The number of nitrogens with zero attached hydrogens (tertiary/aromatic N) is 3. The van der Waals surface area contributed by atoms with E-state index in [0.29, 0.717) is 19.0 Å². The monoisotopic (exact) mass is 399 g/mol. The van der Waals surface area contributed by atoms with Gasteiger partial charge in [-0.1, -0.05) is 30.3 Å². The van der Waals surface area contributed by atoms with E-state index in [-0.39, 0.29) is 12.2 Å². The minimum Gasteiger partial charge on any atom is -0.382 e. The van der Waals surface area contributed by atoms with Crippen molar-refractivity contribution in [1.82, 2.24) is 9.97 Å². The molecule has 0 saturated carbocycles. The Morgan fingerprint density at radius 2 is 1.96 bits per heavy atom. The van der Waals surface area contributed by atoms with Gasteiger partial charge in [-0.2, -0.15) is 0 Å². The van der Waals surface area contributed by atoms with Gasteiger partial charge in [-0.25, -0.2) is 9.97 Å². The molecule has 4 rings (SSSR count). The molecule has 2 atom stereocenters. The van der Waals surface area contributed by atoms with Crippen molar-refractivity contribution in [2.75, 3.05) is 38.8 Å². The summed E-state index contributed by atoms with van der Waals surface area (Å²) >= 11 is 1.65. The van der Waals surface area contributed by atoms with Crippen LogP contribution in [0.5, 0.6) is 0 Å². The molecular weight excluding hydrogens is 374 g/mol. The van der Waals surface area contributed by atoms with Gasteiger partial charge in [0.15, 0.2) is 5.82 Å². The van der Waals surface area contributed by atoms with Crippen LogP contribution >= 0.6 is 11.3 Å². The molecule has 28 heavy (non-hydrogen) atoms. The number of hydrogen-bond acceptors (Lipinski definition) is 7. The maximum atomic E-state index is 6.03. The number of benzene rings is 1. The van der Waals surface area contributed by atoms with Gasteiger partial charge in [0, 0.05) is 38.3 Å². The van der Waals surface area contributed by atoms with Crippen LogP contribution in [0.15, 0.2) is 35.7 Å². The molecule has 1 aliphatic rings. The molecule has 1 fully saturated rings. The molecule has 0 aliphatic carbocycles. The van der Waals surface area contributed by atoms with Gasteiger partial charge in [-0.05, 0) is 12.5 Å². The third-order valence-electron chi connectivity index (χ3n) is 4.80. The maximum absolute atomic E-state index is 6.03.